The summed E-state index contributed by atoms with van der Waals surface area (Å²) in [4.78, 5) is 17.9. The molecule has 0 unspecified atom stereocenters. The quantitative estimate of drug-likeness (QED) is 0.357. The van der Waals surface area contributed by atoms with Crippen molar-refractivity contribution in [2.45, 2.75) is 12.6 Å². The van der Waals surface area contributed by atoms with Crippen molar-refractivity contribution in [1.29, 1.82) is 0 Å². The lowest BCUT2D eigenvalue weighted by Gasteiger charge is -2.14. The van der Waals surface area contributed by atoms with Crippen LogP contribution in [0, 0.1) is 0 Å². The van der Waals surface area contributed by atoms with Crippen molar-refractivity contribution in [3.05, 3.63) is 108 Å². The maximum atomic E-state index is 6.00. The van der Waals surface area contributed by atoms with E-state index in [2.05, 4.69) is 27.1 Å². The van der Waals surface area contributed by atoms with Crippen LogP contribution in [-0.4, -0.2) is 34.9 Å². The van der Waals surface area contributed by atoms with Gasteiger partial charge in [-0.25, -0.2) is 0 Å². The first-order chi connectivity index (χ1) is 15.8. The van der Waals surface area contributed by atoms with Crippen molar-refractivity contribution in [1.82, 2.24) is 15.0 Å². The van der Waals surface area contributed by atoms with Gasteiger partial charge in [0.25, 0.3) is 0 Å². The van der Waals surface area contributed by atoms with Crippen molar-refractivity contribution in [2.24, 2.45) is 4.99 Å². The normalized spacial score (nSPS) is 12.0. The minimum absolute atomic E-state index is 0.138. The van der Waals surface area contributed by atoms with E-state index in [0.29, 0.717) is 19.0 Å². The summed E-state index contributed by atoms with van der Waals surface area (Å²) < 4.78 is 11.2. The van der Waals surface area contributed by atoms with Crippen molar-refractivity contribution in [3.63, 3.8) is 0 Å². The maximum absolute atomic E-state index is 6.00. The largest absolute Gasteiger partial charge is 0.495 e. The maximum Gasteiger partial charge on any atom is 0.137 e. The van der Waals surface area contributed by atoms with Crippen LogP contribution >= 0.6 is 0 Å². The van der Waals surface area contributed by atoms with Crippen molar-refractivity contribution in [3.8, 4) is 17.1 Å². The zero-order valence-electron chi connectivity index (χ0n) is 17.8. The lowest BCUT2D eigenvalue weighted by molar-refractivity contribution is 0.108. The topological polar surface area (TPSA) is 69.5 Å². The second-order valence-corrected chi connectivity index (χ2v) is 7.11. The van der Waals surface area contributed by atoms with E-state index in [9.17, 15) is 0 Å². The van der Waals surface area contributed by atoms with E-state index in [-0.39, 0.29) is 6.04 Å². The number of rotatable bonds is 9. The number of aromatic nitrogens is 3. The van der Waals surface area contributed by atoms with Crippen LogP contribution in [0.5, 0.6) is 5.75 Å². The number of benzene rings is 1. The van der Waals surface area contributed by atoms with Crippen molar-refractivity contribution < 1.29 is 9.47 Å². The summed E-state index contributed by atoms with van der Waals surface area (Å²) in [6, 6.07) is 23.5. The minimum Gasteiger partial charge on any atom is -0.495 e. The highest BCUT2D eigenvalue weighted by Gasteiger charge is 2.10. The number of hydrogen-bond donors (Lipinski definition) is 0. The fourth-order valence-electron chi connectivity index (χ4n) is 3.12. The second kappa shape index (κ2) is 10.9. The van der Waals surface area contributed by atoms with Gasteiger partial charge in [0.15, 0.2) is 0 Å². The van der Waals surface area contributed by atoms with Crippen LogP contribution in [0.1, 0.15) is 22.9 Å². The molecular formula is C26H24N4O2. The highest BCUT2D eigenvalue weighted by atomic mass is 16.5. The summed E-state index contributed by atoms with van der Waals surface area (Å²) >= 11 is 0. The van der Waals surface area contributed by atoms with Gasteiger partial charge in [0.05, 0.1) is 49.6 Å². The van der Waals surface area contributed by atoms with Crippen LogP contribution in [0.15, 0.2) is 96.4 Å². The van der Waals surface area contributed by atoms with Crippen molar-refractivity contribution in [2.75, 3.05) is 13.7 Å². The van der Waals surface area contributed by atoms with Crippen LogP contribution in [0.4, 0.5) is 0 Å². The third-order valence-electron chi connectivity index (χ3n) is 4.86. The molecule has 4 rings (SSSR count). The predicted molar refractivity (Wildman–Crippen MR) is 125 cm³/mol. The second-order valence-electron chi connectivity index (χ2n) is 7.11. The summed E-state index contributed by atoms with van der Waals surface area (Å²) in [6.45, 7) is 0.897. The van der Waals surface area contributed by atoms with Crippen LogP contribution in [0.3, 0.4) is 0 Å². The predicted octanol–water partition coefficient (Wildman–Crippen LogP) is 4.92. The zero-order valence-corrected chi connectivity index (χ0v) is 17.8. The molecule has 6 nitrogen and oxygen atoms in total. The zero-order chi connectivity index (χ0) is 22.0. The molecule has 1 atom stereocenters. The van der Waals surface area contributed by atoms with Crippen LogP contribution in [0.25, 0.3) is 11.4 Å². The Morgan fingerprint density at radius 3 is 2.38 bits per heavy atom. The van der Waals surface area contributed by atoms with E-state index >= 15 is 0 Å². The molecule has 1 aromatic carbocycles. The number of ether oxygens (including phenoxy) is 2. The average Bonchev–Trinajstić information content (AvgIpc) is 2.88. The van der Waals surface area contributed by atoms with Crippen molar-refractivity contribution >= 4 is 6.21 Å². The molecule has 0 saturated carbocycles. The molecule has 0 aliphatic heterocycles. The van der Waals surface area contributed by atoms with Gasteiger partial charge in [0.1, 0.15) is 5.75 Å². The first kappa shape index (κ1) is 21.3. The average molecular weight is 425 g/mol. The molecule has 6 heteroatoms. The molecule has 3 aromatic heterocycles. The smallest absolute Gasteiger partial charge is 0.137 e. The van der Waals surface area contributed by atoms with Gasteiger partial charge in [0, 0.05) is 18.6 Å². The van der Waals surface area contributed by atoms with E-state index in [0.717, 1.165) is 28.2 Å². The molecule has 0 spiro atoms. The first-order valence-corrected chi connectivity index (χ1v) is 10.3. The third-order valence-corrected chi connectivity index (χ3v) is 4.86. The third kappa shape index (κ3) is 5.83. The summed E-state index contributed by atoms with van der Waals surface area (Å²) in [5.41, 5.74) is 4.54. The fourth-order valence-corrected chi connectivity index (χ4v) is 3.12. The van der Waals surface area contributed by atoms with Crippen LogP contribution in [0.2, 0.25) is 0 Å². The first-order valence-electron chi connectivity index (χ1n) is 10.3. The van der Waals surface area contributed by atoms with E-state index in [1.807, 2.05) is 66.9 Å². The standard InChI is InChI=1S/C26H24N4O2/c1-31-23-12-11-22(28-17-23)16-30-26(21-7-3-2-4-8-21)19-32-18-20-10-13-25(29-15-20)24-9-5-6-14-27-24/h2-17,26H,18-19H2,1H3/t26-/m0/s1. The Hall–Kier alpha value is -3.90. The van der Waals surface area contributed by atoms with Gasteiger partial charge >= 0.3 is 0 Å². The number of nitrogens with zero attached hydrogens (tertiary/aromatic N) is 4. The van der Waals surface area contributed by atoms with Gasteiger partial charge in [0.2, 0.25) is 0 Å². The summed E-state index contributed by atoms with van der Waals surface area (Å²) in [6.07, 6.45) is 7.03. The molecule has 32 heavy (non-hydrogen) atoms. The fraction of sp³-hybridized carbons (Fsp3) is 0.154. The van der Waals surface area contributed by atoms with Gasteiger partial charge in [-0.15, -0.1) is 0 Å². The SMILES string of the molecule is COc1ccc(C=N[C@@H](COCc2ccc(-c3ccccn3)nc2)c2ccccc2)nc1. The Bertz CT molecular complexity index is 1120. The molecule has 3 heterocycles. The van der Waals surface area contributed by atoms with Gasteiger partial charge in [-0.2, -0.15) is 0 Å². The molecule has 160 valence electrons. The minimum atomic E-state index is -0.138. The molecule has 0 N–H and O–H groups in total. The van der Waals surface area contributed by atoms with Gasteiger partial charge in [-0.05, 0) is 41.5 Å². The molecule has 0 saturated heterocycles. The van der Waals surface area contributed by atoms with E-state index < -0.39 is 0 Å². The summed E-state index contributed by atoms with van der Waals surface area (Å²) in [5.74, 6) is 0.716. The Labute approximate surface area is 187 Å². The van der Waals surface area contributed by atoms with Crippen LogP contribution < -0.4 is 4.74 Å². The Balaban J connectivity index is 1.39. The van der Waals surface area contributed by atoms with Gasteiger partial charge in [-0.1, -0.05) is 42.5 Å². The Morgan fingerprint density at radius 1 is 0.844 bits per heavy atom. The molecule has 0 amide bonds. The summed E-state index contributed by atoms with van der Waals surface area (Å²) in [7, 11) is 1.62. The molecule has 0 fully saturated rings. The molecule has 0 bridgehead atoms. The van der Waals surface area contributed by atoms with E-state index in [1.54, 1.807) is 25.7 Å². The molecule has 0 aliphatic carbocycles. The summed E-state index contributed by atoms with van der Waals surface area (Å²) in [5, 5.41) is 0. The van der Waals surface area contributed by atoms with E-state index in [1.165, 1.54) is 0 Å². The Morgan fingerprint density at radius 2 is 1.69 bits per heavy atom. The number of aliphatic imine (C=N–C) groups is 1. The van der Waals surface area contributed by atoms with Crippen LogP contribution in [-0.2, 0) is 11.3 Å². The molecule has 0 radical (unpaired) electrons. The highest BCUT2D eigenvalue weighted by Crippen LogP contribution is 2.19. The Kier molecular flexibility index (Phi) is 7.29. The van der Waals surface area contributed by atoms with Gasteiger partial charge in [-0.3, -0.25) is 19.9 Å². The molecule has 0 aliphatic rings. The van der Waals surface area contributed by atoms with E-state index in [4.69, 9.17) is 14.5 Å². The number of hydrogen-bond acceptors (Lipinski definition) is 6. The molecular weight excluding hydrogens is 400 g/mol. The monoisotopic (exact) mass is 424 g/mol. The van der Waals surface area contributed by atoms with Gasteiger partial charge < -0.3 is 9.47 Å². The lowest BCUT2D eigenvalue weighted by atomic mass is 10.1. The highest BCUT2D eigenvalue weighted by molar-refractivity contribution is 5.77. The number of methoxy groups -OCH3 is 1. The lowest BCUT2D eigenvalue weighted by Crippen LogP contribution is -2.07. The molecule has 4 aromatic rings. The number of pyridine rings is 3.